The molecule has 1 aromatic heterocycles. The van der Waals surface area contributed by atoms with Gasteiger partial charge >= 0.3 is 0 Å². The summed E-state index contributed by atoms with van der Waals surface area (Å²) in [5, 5.41) is 4.01. The molecule has 0 spiro atoms. The topological polar surface area (TPSA) is 41.1 Å². The quantitative estimate of drug-likeness (QED) is 0.887. The Labute approximate surface area is 131 Å². The molecule has 0 saturated heterocycles. The zero-order valence-electron chi connectivity index (χ0n) is 12.7. The van der Waals surface area contributed by atoms with Gasteiger partial charge in [0.2, 0.25) is 0 Å². The molecule has 1 atom stereocenters. The third kappa shape index (κ3) is 4.16. The smallest absolute Gasteiger partial charge is 0.147 e. The second-order valence-electron chi connectivity index (χ2n) is 4.99. The first-order valence-corrected chi connectivity index (χ1v) is 7.49. The van der Waals surface area contributed by atoms with Crippen LogP contribution in [0.4, 0.5) is 5.82 Å². The van der Waals surface area contributed by atoms with E-state index in [1.807, 2.05) is 25.2 Å². The van der Waals surface area contributed by atoms with Gasteiger partial charge in [-0.05, 0) is 31.2 Å². The van der Waals surface area contributed by atoms with Crippen molar-refractivity contribution in [2.45, 2.75) is 26.4 Å². The van der Waals surface area contributed by atoms with Crippen molar-refractivity contribution in [3.63, 3.8) is 0 Å². The van der Waals surface area contributed by atoms with Gasteiger partial charge in [-0.2, -0.15) is 0 Å². The van der Waals surface area contributed by atoms with Crippen molar-refractivity contribution in [3.8, 4) is 0 Å². The van der Waals surface area contributed by atoms with E-state index in [0.29, 0.717) is 0 Å². The van der Waals surface area contributed by atoms with Crippen LogP contribution < -0.4 is 10.2 Å². The number of anilines is 1. The average Bonchev–Trinajstić information content (AvgIpc) is 2.51. The van der Waals surface area contributed by atoms with E-state index in [-0.39, 0.29) is 6.04 Å². The summed E-state index contributed by atoms with van der Waals surface area (Å²) in [6, 6.07) is 8.08. The molecule has 2 aromatic rings. The van der Waals surface area contributed by atoms with Gasteiger partial charge in [-0.3, -0.25) is 4.98 Å². The highest BCUT2D eigenvalue weighted by Gasteiger charge is 2.14. The number of halogens is 1. The first-order chi connectivity index (χ1) is 10.1. The van der Waals surface area contributed by atoms with Gasteiger partial charge in [-0.15, -0.1) is 0 Å². The minimum Gasteiger partial charge on any atom is -0.352 e. The predicted octanol–water partition coefficient (Wildman–Crippen LogP) is 3.44. The van der Waals surface area contributed by atoms with Gasteiger partial charge in [0, 0.05) is 24.8 Å². The number of hydrogen-bond donors (Lipinski definition) is 1. The van der Waals surface area contributed by atoms with Crippen molar-refractivity contribution in [2.75, 3.05) is 18.5 Å². The highest BCUT2D eigenvalue weighted by atomic mass is 35.5. The number of rotatable bonds is 6. The van der Waals surface area contributed by atoms with Gasteiger partial charge in [0.05, 0.1) is 17.9 Å². The van der Waals surface area contributed by atoms with Crippen LogP contribution in [0.2, 0.25) is 5.02 Å². The minimum atomic E-state index is 0.174. The molecule has 0 fully saturated rings. The summed E-state index contributed by atoms with van der Waals surface area (Å²) in [5.74, 6) is 0.859. The summed E-state index contributed by atoms with van der Waals surface area (Å²) in [4.78, 5) is 11.0. The normalized spacial score (nSPS) is 12.2. The molecular formula is C16H21ClN4. The Hall–Kier alpha value is -1.65. The van der Waals surface area contributed by atoms with Gasteiger partial charge < -0.3 is 10.2 Å². The highest BCUT2D eigenvalue weighted by molar-refractivity contribution is 6.30. The van der Waals surface area contributed by atoms with Crippen LogP contribution in [-0.2, 0) is 6.54 Å². The third-order valence-corrected chi connectivity index (χ3v) is 3.74. The van der Waals surface area contributed by atoms with Gasteiger partial charge in [0.25, 0.3) is 0 Å². The number of nitrogens with one attached hydrogen (secondary N) is 1. The molecule has 0 saturated carbocycles. The molecule has 0 aliphatic rings. The van der Waals surface area contributed by atoms with Gasteiger partial charge in [0.15, 0.2) is 0 Å². The standard InChI is InChI=1S/C16H21ClN4/c1-4-18-9-15-10-19-11-16(20-15)21(3)12(2)13-6-5-7-14(17)8-13/h5-8,10-12,18H,4,9H2,1-3H3. The maximum Gasteiger partial charge on any atom is 0.147 e. The first kappa shape index (κ1) is 15.7. The molecule has 0 radical (unpaired) electrons. The molecule has 0 aliphatic carbocycles. The van der Waals surface area contributed by atoms with Gasteiger partial charge in [-0.25, -0.2) is 4.98 Å². The molecule has 2 rings (SSSR count). The van der Waals surface area contributed by atoms with Crippen LogP contribution in [0.25, 0.3) is 0 Å². The molecule has 1 aromatic carbocycles. The van der Waals surface area contributed by atoms with Crippen molar-refractivity contribution < 1.29 is 0 Å². The van der Waals surface area contributed by atoms with Crippen molar-refractivity contribution in [2.24, 2.45) is 0 Å². The van der Waals surface area contributed by atoms with Crippen molar-refractivity contribution in [1.29, 1.82) is 0 Å². The summed E-state index contributed by atoms with van der Waals surface area (Å²) in [5.41, 5.74) is 2.10. The van der Waals surface area contributed by atoms with Crippen LogP contribution in [0, 0.1) is 0 Å². The fraction of sp³-hybridized carbons (Fsp3) is 0.375. The average molecular weight is 305 g/mol. The lowest BCUT2D eigenvalue weighted by molar-refractivity contribution is 0.691. The van der Waals surface area contributed by atoms with Crippen LogP contribution in [0.5, 0.6) is 0 Å². The van der Waals surface area contributed by atoms with Gasteiger partial charge in [0.1, 0.15) is 5.82 Å². The first-order valence-electron chi connectivity index (χ1n) is 7.11. The molecule has 0 bridgehead atoms. The molecule has 1 heterocycles. The molecular weight excluding hydrogens is 284 g/mol. The Balaban J connectivity index is 2.17. The highest BCUT2D eigenvalue weighted by Crippen LogP contribution is 2.25. The van der Waals surface area contributed by atoms with Crippen molar-refractivity contribution in [3.05, 3.63) is 52.9 Å². The fourth-order valence-electron chi connectivity index (χ4n) is 2.09. The second-order valence-corrected chi connectivity index (χ2v) is 5.43. The van der Waals surface area contributed by atoms with E-state index in [0.717, 1.165) is 35.2 Å². The van der Waals surface area contributed by atoms with E-state index in [1.54, 1.807) is 12.4 Å². The number of aromatic nitrogens is 2. The molecule has 1 unspecified atom stereocenters. The minimum absolute atomic E-state index is 0.174. The van der Waals surface area contributed by atoms with Crippen molar-refractivity contribution in [1.82, 2.24) is 15.3 Å². The largest absolute Gasteiger partial charge is 0.352 e. The Morgan fingerprint density at radius 2 is 2.14 bits per heavy atom. The summed E-state index contributed by atoms with van der Waals surface area (Å²) < 4.78 is 0. The summed E-state index contributed by atoms with van der Waals surface area (Å²) in [6.07, 6.45) is 3.58. The summed E-state index contributed by atoms with van der Waals surface area (Å²) in [6.45, 7) is 5.85. The predicted molar refractivity (Wildman–Crippen MR) is 87.7 cm³/mol. The van der Waals surface area contributed by atoms with Crippen LogP contribution >= 0.6 is 11.6 Å². The van der Waals surface area contributed by atoms with E-state index in [2.05, 4.69) is 40.1 Å². The molecule has 112 valence electrons. The SMILES string of the molecule is CCNCc1cncc(N(C)C(C)c2cccc(Cl)c2)n1. The molecule has 5 heteroatoms. The second kappa shape index (κ2) is 7.38. The summed E-state index contributed by atoms with van der Waals surface area (Å²) in [7, 11) is 2.02. The summed E-state index contributed by atoms with van der Waals surface area (Å²) >= 11 is 6.07. The van der Waals surface area contributed by atoms with Crippen LogP contribution in [0.3, 0.4) is 0 Å². The van der Waals surface area contributed by atoms with E-state index >= 15 is 0 Å². The lowest BCUT2D eigenvalue weighted by Gasteiger charge is -2.26. The molecule has 0 aliphatic heterocycles. The molecule has 21 heavy (non-hydrogen) atoms. The molecule has 1 N–H and O–H groups in total. The van der Waals surface area contributed by atoms with Crippen LogP contribution in [-0.4, -0.2) is 23.6 Å². The van der Waals surface area contributed by atoms with Gasteiger partial charge in [-0.1, -0.05) is 30.7 Å². The lowest BCUT2D eigenvalue weighted by Crippen LogP contribution is -2.23. The van der Waals surface area contributed by atoms with Crippen LogP contribution in [0.15, 0.2) is 36.7 Å². The zero-order chi connectivity index (χ0) is 15.2. The third-order valence-electron chi connectivity index (χ3n) is 3.50. The lowest BCUT2D eigenvalue weighted by atomic mass is 10.1. The Bertz CT molecular complexity index is 588. The molecule has 4 nitrogen and oxygen atoms in total. The molecule has 0 amide bonds. The maximum absolute atomic E-state index is 6.07. The zero-order valence-corrected chi connectivity index (χ0v) is 13.4. The maximum atomic E-state index is 6.07. The number of benzene rings is 1. The Morgan fingerprint density at radius 1 is 1.33 bits per heavy atom. The Kier molecular flexibility index (Phi) is 5.53. The Morgan fingerprint density at radius 3 is 2.86 bits per heavy atom. The van der Waals surface area contributed by atoms with E-state index in [1.165, 1.54) is 0 Å². The van der Waals surface area contributed by atoms with E-state index in [9.17, 15) is 0 Å². The van der Waals surface area contributed by atoms with E-state index in [4.69, 9.17) is 11.6 Å². The number of hydrogen-bond acceptors (Lipinski definition) is 4. The van der Waals surface area contributed by atoms with Crippen LogP contribution in [0.1, 0.15) is 31.1 Å². The number of nitrogens with zero attached hydrogens (tertiary/aromatic N) is 3. The monoisotopic (exact) mass is 304 g/mol. The van der Waals surface area contributed by atoms with E-state index < -0.39 is 0 Å². The fourth-order valence-corrected chi connectivity index (χ4v) is 2.29. The van der Waals surface area contributed by atoms with Crippen molar-refractivity contribution >= 4 is 17.4 Å².